The minimum atomic E-state index is -0.315. The summed E-state index contributed by atoms with van der Waals surface area (Å²) in [5.74, 6) is 1.18. The molecule has 1 aliphatic rings. The maximum Gasteiger partial charge on any atom is 0.334 e. The number of rotatable bonds is 3. The lowest BCUT2D eigenvalue weighted by Crippen LogP contribution is -1.99. The zero-order valence-electron chi connectivity index (χ0n) is 10.9. The highest BCUT2D eigenvalue weighted by molar-refractivity contribution is 5.90. The van der Waals surface area contributed by atoms with Gasteiger partial charge >= 0.3 is 5.97 Å². The largest absolute Gasteiger partial charge is 0.457 e. The third kappa shape index (κ3) is 2.57. The van der Waals surface area contributed by atoms with Gasteiger partial charge in [0.25, 0.3) is 0 Å². The van der Waals surface area contributed by atoms with Crippen LogP contribution >= 0.6 is 0 Å². The summed E-state index contributed by atoms with van der Waals surface area (Å²) in [6.07, 6.45) is 0.280. The number of carbonyl (C=O) groups is 1. The molecular formula is C17H14O3. The maximum absolute atomic E-state index is 11.4. The summed E-state index contributed by atoms with van der Waals surface area (Å²) in [6, 6.07) is 17.1. The van der Waals surface area contributed by atoms with Crippen molar-refractivity contribution in [1.82, 2.24) is 0 Å². The highest BCUT2D eigenvalue weighted by Crippen LogP contribution is 2.34. The van der Waals surface area contributed by atoms with Crippen molar-refractivity contribution in [2.45, 2.75) is 12.5 Å². The summed E-state index contributed by atoms with van der Waals surface area (Å²) in [6.45, 7) is 3.70. The third-order valence-electron chi connectivity index (χ3n) is 3.18. The van der Waals surface area contributed by atoms with E-state index in [2.05, 4.69) is 6.58 Å². The van der Waals surface area contributed by atoms with Crippen LogP contribution in [0, 0.1) is 0 Å². The van der Waals surface area contributed by atoms with E-state index in [1.54, 1.807) is 0 Å². The highest BCUT2D eigenvalue weighted by atomic mass is 16.5. The van der Waals surface area contributed by atoms with Gasteiger partial charge in [-0.1, -0.05) is 36.9 Å². The molecule has 0 aromatic heterocycles. The predicted octanol–water partition coefficient (Wildman–Crippen LogP) is 4.02. The van der Waals surface area contributed by atoms with E-state index in [0.717, 1.165) is 17.1 Å². The van der Waals surface area contributed by atoms with Crippen molar-refractivity contribution in [3.05, 3.63) is 72.3 Å². The highest BCUT2D eigenvalue weighted by Gasteiger charge is 2.28. The quantitative estimate of drug-likeness (QED) is 0.621. The summed E-state index contributed by atoms with van der Waals surface area (Å²) in [5.41, 5.74) is 1.44. The molecule has 0 bridgehead atoms. The van der Waals surface area contributed by atoms with E-state index < -0.39 is 0 Å². The Morgan fingerprint density at radius 1 is 1.05 bits per heavy atom. The van der Waals surface area contributed by atoms with Crippen molar-refractivity contribution in [3.8, 4) is 11.5 Å². The molecule has 1 saturated heterocycles. The molecule has 0 spiro atoms. The van der Waals surface area contributed by atoms with Crippen LogP contribution in [0.25, 0.3) is 0 Å². The van der Waals surface area contributed by atoms with Crippen LogP contribution in [0.15, 0.2) is 66.7 Å². The molecule has 20 heavy (non-hydrogen) atoms. The zero-order valence-corrected chi connectivity index (χ0v) is 10.9. The minimum Gasteiger partial charge on any atom is -0.457 e. The molecule has 0 radical (unpaired) electrons. The lowest BCUT2D eigenvalue weighted by Gasteiger charge is -2.11. The Balaban J connectivity index is 1.80. The average Bonchev–Trinajstić information content (AvgIpc) is 2.80. The van der Waals surface area contributed by atoms with Gasteiger partial charge in [-0.3, -0.25) is 0 Å². The van der Waals surface area contributed by atoms with Crippen LogP contribution in [0.3, 0.4) is 0 Å². The van der Waals surface area contributed by atoms with Crippen LogP contribution in [0.1, 0.15) is 18.1 Å². The second kappa shape index (κ2) is 5.21. The zero-order chi connectivity index (χ0) is 13.9. The predicted molar refractivity (Wildman–Crippen MR) is 75.5 cm³/mol. The van der Waals surface area contributed by atoms with E-state index in [-0.39, 0.29) is 12.1 Å². The molecule has 1 heterocycles. The molecule has 2 aromatic rings. The fraction of sp³-hybridized carbons (Fsp3) is 0.118. The summed E-state index contributed by atoms with van der Waals surface area (Å²) in [4.78, 5) is 11.4. The number of para-hydroxylation sites is 1. The number of carbonyl (C=O) groups excluding carboxylic acids is 1. The molecule has 3 heteroatoms. The first-order valence-electron chi connectivity index (χ1n) is 6.44. The van der Waals surface area contributed by atoms with Crippen molar-refractivity contribution in [2.75, 3.05) is 0 Å². The molecule has 0 amide bonds. The fourth-order valence-electron chi connectivity index (χ4n) is 2.15. The van der Waals surface area contributed by atoms with Crippen molar-refractivity contribution in [3.63, 3.8) is 0 Å². The normalized spacial score (nSPS) is 17.9. The van der Waals surface area contributed by atoms with Gasteiger partial charge in [0, 0.05) is 12.0 Å². The molecule has 3 rings (SSSR count). The molecule has 1 aliphatic heterocycles. The van der Waals surface area contributed by atoms with Crippen LogP contribution in [-0.4, -0.2) is 5.97 Å². The van der Waals surface area contributed by atoms with Gasteiger partial charge < -0.3 is 9.47 Å². The van der Waals surface area contributed by atoms with E-state index in [9.17, 15) is 4.79 Å². The molecule has 1 unspecified atom stereocenters. The Bertz CT molecular complexity index is 630. The first kappa shape index (κ1) is 12.5. The standard InChI is InChI=1S/C17H14O3/c1-12-10-16(20-17(12)18)13-6-5-9-15(11-13)19-14-7-3-2-4-8-14/h2-9,11,16H,1,10H2. The molecular weight excluding hydrogens is 252 g/mol. The molecule has 3 nitrogen and oxygen atoms in total. The van der Waals surface area contributed by atoms with Crippen LogP contribution in [-0.2, 0) is 9.53 Å². The number of ether oxygens (including phenoxy) is 2. The molecule has 100 valence electrons. The number of hydrogen-bond acceptors (Lipinski definition) is 3. The van der Waals surface area contributed by atoms with Gasteiger partial charge in [-0.2, -0.15) is 0 Å². The molecule has 1 atom stereocenters. The molecule has 1 fully saturated rings. The van der Waals surface area contributed by atoms with Crippen LogP contribution in [0.4, 0.5) is 0 Å². The topological polar surface area (TPSA) is 35.5 Å². The molecule has 2 aromatic carbocycles. The van der Waals surface area contributed by atoms with Gasteiger partial charge in [0.05, 0.1) is 0 Å². The Hall–Kier alpha value is -2.55. The number of cyclic esters (lactones) is 1. The summed E-state index contributed by atoms with van der Waals surface area (Å²) in [7, 11) is 0. The van der Waals surface area contributed by atoms with Gasteiger partial charge in [-0.15, -0.1) is 0 Å². The van der Waals surface area contributed by atoms with Crippen LogP contribution in [0.2, 0.25) is 0 Å². The third-order valence-corrected chi connectivity index (χ3v) is 3.18. The Morgan fingerprint density at radius 3 is 2.50 bits per heavy atom. The van der Waals surface area contributed by atoms with Crippen molar-refractivity contribution in [2.24, 2.45) is 0 Å². The number of esters is 1. The second-order valence-electron chi connectivity index (χ2n) is 4.69. The van der Waals surface area contributed by atoms with E-state index in [4.69, 9.17) is 9.47 Å². The maximum atomic E-state index is 11.4. The van der Waals surface area contributed by atoms with Crippen molar-refractivity contribution >= 4 is 5.97 Å². The number of hydrogen-bond donors (Lipinski definition) is 0. The lowest BCUT2D eigenvalue weighted by molar-refractivity contribution is -0.139. The Morgan fingerprint density at radius 2 is 1.80 bits per heavy atom. The monoisotopic (exact) mass is 266 g/mol. The number of benzene rings is 2. The fourth-order valence-corrected chi connectivity index (χ4v) is 2.15. The lowest BCUT2D eigenvalue weighted by atomic mass is 10.0. The summed E-state index contributed by atoms with van der Waals surface area (Å²) in [5, 5.41) is 0. The van der Waals surface area contributed by atoms with Crippen molar-refractivity contribution in [1.29, 1.82) is 0 Å². The smallest absolute Gasteiger partial charge is 0.334 e. The van der Waals surface area contributed by atoms with E-state index in [0.29, 0.717) is 12.0 Å². The van der Waals surface area contributed by atoms with Gasteiger partial charge in [-0.25, -0.2) is 4.79 Å². The van der Waals surface area contributed by atoms with Crippen LogP contribution in [0.5, 0.6) is 11.5 Å². The van der Waals surface area contributed by atoms with Gasteiger partial charge in [0.2, 0.25) is 0 Å². The first-order chi connectivity index (χ1) is 9.72. The second-order valence-corrected chi connectivity index (χ2v) is 4.69. The molecule has 0 saturated carbocycles. The summed E-state index contributed by atoms with van der Waals surface area (Å²) < 4.78 is 11.0. The molecule has 0 N–H and O–H groups in total. The van der Waals surface area contributed by atoms with Gasteiger partial charge in [-0.05, 0) is 29.8 Å². The van der Waals surface area contributed by atoms with Crippen LogP contribution < -0.4 is 4.74 Å². The Kier molecular flexibility index (Phi) is 3.25. The van der Waals surface area contributed by atoms with Crippen molar-refractivity contribution < 1.29 is 14.3 Å². The van der Waals surface area contributed by atoms with E-state index in [1.807, 2.05) is 54.6 Å². The molecule has 0 aliphatic carbocycles. The van der Waals surface area contributed by atoms with E-state index in [1.165, 1.54) is 0 Å². The van der Waals surface area contributed by atoms with E-state index >= 15 is 0 Å². The van der Waals surface area contributed by atoms with Gasteiger partial charge in [0.1, 0.15) is 17.6 Å². The SMILES string of the molecule is C=C1CC(c2cccc(Oc3ccccc3)c2)OC1=O. The average molecular weight is 266 g/mol. The summed E-state index contributed by atoms with van der Waals surface area (Å²) >= 11 is 0. The Labute approximate surface area is 117 Å². The first-order valence-corrected chi connectivity index (χ1v) is 6.44. The minimum absolute atomic E-state index is 0.255. The van der Waals surface area contributed by atoms with Gasteiger partial charge in [0.15, 0.2) is 0 Å².